The molecule has 1 saturated heterocycles. The highest BCUT2D eigenvalue weighted by Crippen LogP contribution is 2.25. The Morgan fingerprint density at radius 2 is 2.14 bits per heavy atom. The van der Waals surface area contributed by atoms with E-state index in [4.69, 9.17) is 21.1 Å². The number of halogens is 1. The Morgan fingerprint density at radius 3 is 2.68 bits per heavy atom. The molecule has 1 fully saturated rings. The molecule has 0 radical (unpaired) electrons. The summed E-state index contributed by atoms with van der Waals surface area (Å²) in [5.41, 5.74) is 0.427. The third-order valence-electron chi connectivity index (χ3n) is 3.29. The van der Waals surface area contributed by atoms with Crippen molar-refractivity contribution in [1.82, 2.24) is 4.90 Å². The SMILES string of the molecule is C=Cc1ccc(OCC2CN(C(=O)OC(C)(C)C)C2)cc1Cl. The maximum atomic E-state index is 11.8. The molecule has 1 aliphatic heterocycles. The number of hydrogen-bond acceptors (Lipinski definition) is 3. The lowest BCUT2D eigenvalue weighted by Gasteiger charge is -2.39. The molecule has 2 rings (SSSR count). The van der Waals surface area contributed by atoms with Crippen LogP contribution in [-0.2, 0) is 4.74 Å². The summed E-state index contributed by atoms with van der Waals surface area (Å²) in [5.74, 6) is 1.05. The fourth-order valence-electron chi connectivity index (χ4n) is 2.13. The molecule has 0 unspecified atom stereocenters. The Morgan fingerprint density at radius 1 is 1.45 bits per heavy atom. The van der Waals surface area contributed by atoms with Gasteiger partial charge in [0.15, 0.2) is 0 Å². The second-order valence-electron chi connectivity index (χ2n) is 6.45. The number of rotatable bonds is 4. The fraction of sp³-hybridized carbons (Fsp3) is 0.471. The lowest BCUT2D eigenvalue weighted by molar-refractivity contribution is -0.00781. The summed E-state index contributed by atoms with van der Waals surface area (Å²) in [5, 5.41) is 0.622. The van der Waals surface area contributed by atoms with Gasteiger partial charge in [-0.25, -0.2) is 4.79 Å². The van der Waals surface area contributed by atoms with Crippen molar-refractivity contribution in [2.24, 2.45) is 5.92 Å². The number of hydrogen-bond donors (Lipinski definition) is 0. The maximum absolute atomic E-state index is 11.8. The second kappa shape index (κ2) is 6.61. The van der Waals surface area contributed by atoms with Gasteiger partial charge in [-0.15, -0.1) is 0 Å². The number of amides is 1. The summed E-state index contributed by atoms with van der Waals surface area (Å²) < 4.78 is 11.0. The molecular weight excluding hydrogens is 302 g/mol. The van der Waals surface area contributed by atoms with E-state index in [2.05, 4.69) is 6.58 Å². The van der Waals surface area contributed by atoms with Gasteiger partial charge >= 0.3 is 6.09 Å². The third-order valence-corrected chi connectivity index (χ3v) is 3.61. The first-order valence-electron chi connectivity index (χ1n) is 7.31. The predicted molar refractivity (Wildman–Crippen MR) is 88.3 cm³/mol. The Labute approximate surface area is 136 Å². The van der Waals surface area contributed by atoms with E-state index in [1.54, 1.807) is 17.0 Å². The molecule has 22 heavy (non-hydrogen) atoms. The van der Waals surface area contributed by atoms with Gasteiger partial charge in [0.25, 0.3) is 0 Å². The minimum absolute atomic E-state index is 0.262. The zero-order valence-electron chi connectivity index (χ0n) is 13.3. The molecular formula is C17H22ClNO3. The van der Waals surface area contributed by atoms with Crippen LogP contribution in [0.2, 0.25) is 5.02 Å². The Kier molecular flexibility index (Phi) is 5.01. The first-order valence-corrected chi connectivity index (χ1v) is 7.69. The second-order valence-corrected chi connectivity index (χ2v) is 6.86. The van der Waals surface area contributed by atoms with Crippen LogP contribution in [0.25, 0.3) is 6.08 Å². The highest BCUT2D eigenvalue weighted by molar-refractivity contribution is 6.32. The van der Waals surface area contributed by atoms with Gasteiger partial charge < -0.3 is 14.4 Å². The van der Waals surface area contributed by atoms with Crippen molar-refractivity contribution in [1.29, 1.82) is 0 Å². The van der Waals surface area contributed by atoms with Gasteiger partial charge in [0.2, 0.25) is 0 Å². The van der Waals surface area contributed by atoms with E-state index in [9.17, 15) is 4.79 Å². The first-order chi connectivity index (χ1) is 10.3. The van der Waals surface area contributed by atoms with Gasteiger partial charge in [-0.05, 0) is 44.5 Å². The Bertz CT molecular complexity index is 560. The molecule has 1 aliphatic rings. The van der Waals surface area contributed by atoms with Crippen molar-refractivity contribution in [2.45, 2.75) is 26.4 Å². The number of carbonyl (C=O) groups excluding carboxylic acids is 1. The highest BCUT2D eigenvalue weighted by Gasteiger charge is 2.33. The van der Waals surface area contributed by atoms with Crippen molar-refractivity contribution in [3.05, 3.63) is 35.4 Å². The zero-order valence-corrected chi connectivity index (χ0v) is 14.0. The molecule has 0 saturated carbocycles. The summed E-state index contributed by atoms with van der Waals surface area (Å²) >= 11 is 6.10. The minimum atomic E-state index is -0.456. The fourth-order valence-corrected chi connectivity index (χ4v) is 2.38. The molecule has 0 aliphatic carbocycles. The van der Waals surface area contributed by atoms with Gasteiger partial charge in [0, 0.05) is 19.0 Å². The quantitative estimate of drug-likeness (QED) is 0.832. The molecule has 4 nitrogen and oxygen atoms in total. The number of nitrogens with zero attached hydrogens (tertiary/aromatic N) is 1. The minimum Gasteiger partial charge on any atom is -0.493 e. The molecule has 1 aromatic rings. The van der Waals surface area contributed by atoms with Gasteiger partial charge in [-0.3, -0.25) is 0 Å². The molecule has 5 heteroatoms. The topological polar surface area (TPSA) is 38.8 Å². The summed E-state index contributed by atoms with van der Waals surface area (Å²) in [6.45, 7) is 11.2. The molecule has 0 spiro atoms. The maximum Gasteiger partial charge on any atom is 0.410 e. The van der Waals surface area contributed by atoms with Crippen LogP contribution < -0.4 is 4.74 Å². The number of benzene rings is 1. The third kappa shape index (κ3) is 4.41. The molecule has 0 N–H and O–H groups in total. The van der Waals surface area contributed by atoms with Crippen LogP contribution in [0.3, 0.4) is 0 Å². The molecule has 1 aromatic carbocycles. The van der Waals surface area contributed by atoms with Crippen molar-refractivity contribution >= 4 is 23.8 Å². The average Bonchev–Trinajstić information content (AvgIpc) is 2.34. The first kappa shape index (κ1) is 16.7. The highest BCUT2D eigenvalue weighted by atomic mass is 35.5. The van der Waals surface area contributed by atoms with E-state index in [0.29, 0.717) is 30.6 Å². The predicted octanol–water partition coefficient (Wildman–Crippen LogP) is 4.23. The molecule has 0 bridgehead atoms. The van der Waals surface area contributed by atoms with Crippen LogP contribution in [0.1, 0.15) is 26.3 Å². The van der Waals surface area contributed by atoms with Gasteiger partial charge in [-0.1, -0.05) is 24.3 Å². The Balaban J connectivity index is 1.75. The van der Waals surface area contributed by atoms with Crippen LogP contribution in [0.4, 0.5) is 4.79 Å². The van der Waals surface area contributed by atoms with E-state index in [1.165, 1.54) is 0 Å². The van der Waals surface area contributed by atoms with Crippen molar-refractivity contribution in [2.75, 3.05) is 19.7 Å². The van der Waals surface area contributed by atoms with E-state index >= 15 is 0 Å². The summed E-state index contributed by atoms with van der Waals surface area (Å²) in [6, 6.07) is 5.52. The smallest absolute Gasteiger partial charge is 0.410 e. The van der Waals surface area contributed by atoms with Crippen molar-refractivity contribution in [3.63, 3.8) is 0 Å². The Hall–Kier alpha value is -1.68. The number of ether oxygens (including phenoxy) is 2. The van der Waals surface area contributed by atoms with Gasteiger partial charge in [0.05, 0.1) is 11.6 Å². The molecule has 120 valence electrons. The van der Waals surface area contributed by atoms with E-state index in [1.807, 2.05) is 32.9 Å². The molecule has 0 atom stereocenters. The largest absolute Gasteiger partial charge is 0.493 e. The molecule has 1 amide bonds. The van der Waals surface area contributed by atoms with Crippen LogP contribution in [0.15, 0.2) is 24.8 Å². The lowest BCUT2D eigenvalue weighted by Crippen LogP contribution is -2.53. The average molecular weight is 324 g/mol. The van der Waals surface area contributed by atoms with Crippen LogP contribution in [-0.4, -0.2) is 36.3 Å². The zero-order chi connectivity index (χ0) is 16.3. The van der Waals surface area contributed by atoms with Gasteiger partial charge in [-0.2, -0.15) is 0 Å². The van der Waals surface area contributed by atoms with E-state index in [-0.39, 0.29) is 6.09 Å². The number of likely N-dealkylation sites (tertiary alicyclic amines) is 1. The lowest BCUT2D eigenvalue weighted by atomic mass is 10.0. The molecule has 1 heterocycles. The van der Waals surface area contributed by atoms with Crippen molar-refractivity contribution in [3.8, 4) is 5.75 Å². The summed E-state index contributed by atoms with van der Waals surface area (Å²) in [4.78, 5) is 13.5. The standard InChI is InChI=1S/C17H22ClNO3/c1-5-13-6-7-14(8-15(13)18)21-11-12-9-19(10-12)16(20)22-17(2,3)4/h5-8,12H,1,9-11H2,2-4H3. The van der Waals surface area contributed by atoms with E-state index < -0.39 is 5.60 Å². The normalized spacial score (nSPS) is 15.2. The number of carbonyl (C=O) groups is 1. The van der Waals surface area contributed by atoms with Crippen LogP contribution in [0, 0.1) is 5.92 Å². The van der Waals surface area contributed by atoms with Crippen molar-refractivity contribution < 1.29 is 14.3 Å². The van der Waals surface area contributed by atoms with Crippen LogP contribution >= 0.6 is 11.6 Å². The monoisotopic (exact) mass is 323 g/mol. The molecule has 0 aromatic heterocycles. The summed E-state index contributed by atoms with van der Waals surface area (Å²) in [6.07, 6.45) is 1.44. The van der Waals surface area contributed by atoms with E-state index in [0.717, 1.165) is 11.3 Å². The van der Waals surface area contributed by atoms with Crippen LogP contribution in [0.5, 0.6) is 5.75 Å². The van der Waals surface area contributed by atoms with Gasteiger partial charge in [0.1, 0.15) is 11.4 Å². The summed E-state index contributed by atoms with van der Waals surface area (Å²) in [7, 11) is 0.